The molecule has 2 atom stereocenters. The highest BCUT2D eigenvalue weighted by Crippen LogP contribution is 2.44. The summed E-state index contributed by atoms with van der Waals surface area (Å²) < 4.78 is 17.4. The SMILES string of the molecule is COCCN1CCC2(CC1)C[C@H](NC[C@H]1CCOC1)c1ccccc1O2. The molecule has 1 aromatic rings. The van der Waals surface area contributed by atoms with Gasteiger partial charge in [-0.25, -0.2) is 0 Å². The lowest BCUT2D eigenvalue weighted by atomic mass is 9.80. The summed E-state index contributed by atoms with van der Waals surface area (Å²) >= 11 is 0. The van der Waals surface area contributed by atoms with Crippen LogP contribution in [0.5, 0.6) is 5.75 Å². The zero-order valence-corrected chi connectivity index (χ0v) is 15.9. The zero-order chi connectivity index (χ0) is 17.8. The van der Waals surface area contributed by atoms with Crippen LogP contribution in [0.15, 0.2) is 24.3 Å². The molecule has 0 aliphatic carbocycles. The van der Waals surface area contributed by atoms with Gasteiger partial charge in [0.15, 0.2) is 0 Å². The fraction of sp³-hybridized carbons (Fsp3) is 0.714. The van der Waals surface area contributed by atoms with E-state index in [9.17, 15) is 0 Å². The first kappa shape index (κ1) is 18.2. The molecule has 3 aliphatic rings. The van der Waals surface area contributed by atoms with Crippen molar-refractivity contribution < 1.29 is 14.2 Å². The molecule has 0 amide bonds. The lowest BCUT2D eigenvalue weighted by molar-refractivity contribution is -0.0291. The van der Waals surface area contributed by atoms with E-state index in [-0.39, 0.29) is 5.60 Å². The maximum absolute atomic E-state index is 6.59. The third-order valence-electron chi connectivity index (χ3n) is 6.25. The fourth-order valence-electron chi connectivity index (χ4n) is 4.56. The summed E-state index contributed by atoms with van der Waals surface area (Å²) in [5.41, 5.74) is 1.29. The topological polar surface area (TPSA) is 43.0 Å². The predicted molar refractivity (Wildman–Crippen MR) is 102 cm³/mol. The van der Waals surface area contributed by atoms with Crippen LogP contribution in [0, 0.1) is 5.92 Å². The number of nitrogens with one attached hydrogen (secondary N) is 1. The molecule has 1 spiro atoms. The zero-order valence-electron chi connectivity index (χ0n) is 15.9. The van der Waals surface area contributed by atoms with Gasteiger partial charge >= 0.3 is 0 Å². The van der Waals surface area contributed by atoms with Crippen molar-refractivity contribution in [3.05, 3.63) is 29.8 Å². The van der Waals surface area contributed by atoms with Gasteiger partial charge in [-0.3, -0.25) is 0 Å². The van der Waals surface area contributed by atoms with Crippen molar-refractivity contribution in [1.82, 2.24) is 10.2 Å². The summed E-state index contributed by atoms with van der Waals surface area (Å²) in [4.78, 5) is 2.50. The number of nitrogens with zero attached hydrogens (tertiary/aromatic N) is 1. The van der Waals surface area contributed by atoms with Gasteiger partial charge < -0.3 is 24.4 Å². The normalized spacial score (nSPS) is 28.0. The maximum Gasteiger partial charge on any atom is 0.124 e. The largest absolute Gasteiger partial charge is 0.487 e. The molecule has 0 aromatic heterocycles. The lowest BCUT2D eigenvalue weighted by Gasteiger charge is -2.47. The summed E-state index contributed by atoms with van der Waals surface area (Å²) in [6, 6.07) is 8.96. The van der Waals surface area contributed by atoms with Crippen LogP contribution in [0.2, 0.25) is 0 Å². The average molecular weight is 360 g/mol. The van der Waals surface area contributed by atoms with Gasteiger partial charge in [-0.1, -0.05) is 18.2 Å². The molecule has 2 fully saturated rings. The molecule has 144 valence electrons. The van der Waals surface area contributed by atoms with E-state index in [0.717, 1.165) is 71.0 Å². The maximum atomic E-state index is 6.59. The average Bonchev–Trinajstić information content (AvgIpc) is 3.19. The van der Waals surface area contributed by atoms with Crippen molar-refractivity contribution >= 4 is 0 Å². The van der Waals surface area contributed by atoms with Gasteiger partial charge in [-0.15, -0.1) is 0 Å². The van der Waals surface area contributed by atoms with Crippen LogP contribution >= 0.6 is 0 Å². The minimum atomic E-state index is -0.0260. The Morgan fingerprint density at radius 3 is 2.88 bits per heavy atom. The number of hydrogen-bond donors (Lipinski definition) is 1. The number of fused-ring (bicyclic) bond motifs is 1. The molecule has 0 saturated carbocycles. The van der Waals surface area contributed by atoms with Crippen LogP contribution in [0.4, 0.5) is 0 Å². The summed E-state index contributed by atoms with van der Waals surface area (Å²) in [6.07, 6.45) is 4.43. The van der Waals surface area contributed by atoms with Gasteiger partial charge in [0, 0.05) is 57.9 Å². The fourth-order valence-corrected chi connectivity index (χ4v) is 4.56. The van der Waals surface area contributed by atoms with E-state index in [2.05, 4.69) is 34.5 Å². The smallest absolute Gasteiger partial charge is 0.124 e. The molecule has 0 bridgehead atoms. The molecule has 0 unspecified atom stereocenters. The molecule has 26 heavy (non-hydrogen) atoms. The molecular formula is C21H32N2O3. The summed E-state index contributed by atoms with van der Waals surface area (Å²) in [5, 5.41) is 3.84. The third kappa shape index (κ3) is 4.06. The number of para-hydroxylation sites is 1. The van der Waals surface area contributed by atoms with Crippen LogP contribution in [0.25, 0.3) is 0 Å². The molecule has 0 radical (unpaired) electrons. The Morgan fingerprint density at radius 1 is 1.27 bits per heavy atom. The Balaban J connectivity index is 1.43. The number of benzene rings is 1. The van der Waals surface area contributed by atoms with E-state index in [1.165, 1.54) is 12.0 Å². The van der Waals surface area contributed by atoms with Gasteiger partial charge in [0.1, 0.15) is 11.4 Å². The van der Waals surface area contributed by atoms with E-state index < -0.39 is 0 Å². The Morgan fingerprint density at radius 2 is 2.12 bits per heavy atom. The van der Waals surface area contributed by atoms with E-state index >= 15 is 0 Å². The number of likely N-dealkylation sites (tertiary alicyclic amines) is 1. The van der Waals surface area contributed by atoms with Crippen LogP contribution in [-0.4, -0.2) is 63.6 Å². The van der Waals surface area contributed by atoms with Crippen molar-refractivity contribution in [3.8, 4) is 5.75 Å². The molecule has 3 heterocycles. The monoisotopic (exact) mass is 360 g/mol. The second-order valence-corrected chi connectivity index (χ2v) is 8.05. The number of piperidine rings is 1. The minimum absolute atomic E-state index is 0.0260. The van der Waals surface area contributed by atoms with Crippen molar-refractivity contribution in [1.29, 1.82) is 0 Å². The van der Waals surface area contributed by atoms with Crippen molar-refractivity contribution in [2.75, 3.05) is 53.1 Å². The van der Waals surface area contributed by atoms with E-state index in [0.29, 0.717) is 12.0 Å². The van der Waals surface area contributed by atoms with Crippen LogP contribution < -0.4 is 10.1 Å². The van der Waals surface area contributed by atoms with E-state index in [4.69, 9.17) is 14.2 Å². The first-order chi connectivity index (χ1) is 12.8. The highest BCUT2D eigenvalue weighted by molar-refractivity contribution is 5.39. The predicted octanol–water partition coefficient (Wildman–Crippen LogP) is 2.62. The molecule has 4 rings (SSSR count). The molecular weight excluding hydrogens is 328 g/mol. The number of ether oxygens (including phenoxy) is 3. The van der Waals surface area contributed by atoms with Gasteiger partial charge in [0.25, 0.3) is 0 Å². The van der Waals surface area contributed by atoms with Gasteiger partial charge in [-0.05, 0) is 31.2 Å². The Bertz CT molecular complexity index is 580. The highest BCUT2D eigenvalue weighted by atomic mass is 16.5. The molecule has 5 nitrogen and oxygen atoms in total. The van der Waals surface area contributed by atoms with Crippen molar-refractivity contribution in [2.45, 2.75) is 37.3 Å². The Kier molecular flexibility index (Phi) is 5.79. The van der Waals surface area contributed by atoms with Crippen LogP contribution in [-0.2, 0) is 9.47 Å². The second-order valence-electron chi connectivity index (χ2n) is 8.05. The lowest BCUT2D eigenvalue weighted by Crippen LogP contribution is -2.52. The van der Waals surface area contributed by atoms with Gasteiger partial charge in [0.05, 0.1) is 13.2 Å². The summed E-state index contributed by atoms with van der Waals surface area (Å²) in [5.74, 6) is 1.72. The first-order valence-corrected chi connectivity index (χ1v) is 10.1. The molecule has 2 saturated heterocycles. The molecule has 1 N–H and O–H groups in total. The van der Waals surface area contributed by atoms with Crippen LogP contribution in [0.3, 0.4) is 0 Å². The first-order valence-electron chi connectivity index (χ1n) is 10.1. The minimum Gasteiger partial charge on any atom is -0.487 e. The summed E-state index contributed by atoms with van der Waals surface area (Å²) in [7, 11) is 1.78. The second kappa shape index (κ2) is 8.26. The Hall–Kier alpha value is -1.14. The van der Waals surface area contributed by atoms with Crippen molar-refractivity contribution in [3.63, 3.8) is 0 Å². The standard InChI is InChI=1S/C21H32N2O3/c1-24-13-11-23-9-7-21(8-10-23)14-19(22-15-17-6-12-25-16-17)18-4-2-3-5-20(18)26-21/h2-5,17,19,22H,6-16H2,1H3/t17-,19+/m1/s1. The Labute approximate surface area is 157 Å². The van der Waals surface area contributed by atoms with E-state index in [1.54, 1.807) is 7.11 Å². The molecule has 1 aromatic carbocycles. The molecule has 5 heteroatoms. The quantitative estimate of drug-likeness (QED) is 0.845. The third-order valence-corrected chi connectivity index (χ3v) is 6.25. The van der Waals surface area contributed by atoms with Gasteiger partial charge in [0.2, 0.25) is 0 Å². The number of rotatable bonds is 6. The number of hydrogen-bond acceptors (Lipinski definition) is 5. The summed E-state index contributed by atoms with van der Waals surface area (Å²) in [6.45, 7) is 6.87. The van der Waals surface area contributed by atoms with E-state index in [1.807, 2.05) is 0 Å². The highest BCUT2D eigenvalue weighted by Gasteiger charge is 2.43. The van der Waals surface area contributed by atoms with Crippen LogP contribution in [0.1, 0.15) is 37.3 Å². The number of methoxy groups -OCH3 is 1. The molecule has 3 aliphatic heterocycles. The van der Waals surface area contributed by atoms with Gasteiger partial charge in [-0.2, -0.15) is 0 Å². The van der Waals surface area contributed by atoms with Crippen molar-refractivity contribution in [2.24, 2.45) is 5.92 Å².